The van der Waals surface area contributed by atoms with Crippen LogP contribution in [0, 0.1) is 5.82 Å². The van der Waals surface area contributed by atoms with Crippen molar-refractivity contribution >= 4 is 23.3 Å². The van der Waals surface area contributed by atoms with E-state index in [1.165, 1.54) is 18.2 Å². The summed E-state index contributed by atoms with van der Waals surface area (Å²) in [6.45, 7) is 0.306. The molecule has 0 aromatic heterocycles. The molecule has 2 N–H and O–H groups in total. The number of rotatable bonds is 3. The number of anilines is 1. The molecule has 2 aromatic carbocycles. The number of urea groups is 1. The number of hydrogen-bond acceptors (Lipinski definition) is 1. The molecular formula is C14H12ClFN2O. The van der Waals surface area contributed by atoms with Gasteiger partial charge in [-0.3, -0.25) is 0 Å². The molecule has 19 heavy (non-hydrogen) atoms. The Bertz CT molecular complexity index is 589. The van der Waals surface area contributed by atoms with Crippen LogP contribution >= 0.6 is 11.6 Å². The molecule has 5 heteroatoms. The van der Waals surface area contributed by atoms with Crippen molar-refractivity contribution in [2.24, 2.45) is 0 Å². The lowest BCUT2D eigenvalue weighted by atomic mass is 10.2. The summed E-state index contributed by atoms with van der Waals surface area (Å²) in [7, 11) is 0. The van der Waals surface area contributed by atoms with Crippen LogP contribution in [0.15, 0.2) is 48.5 Å². The van der Waals surface area contributed by atoms with Gasteiger partial charge in [0.1, 0.15) is 5.82 Å². The number of halogens is 2. The number of amides is 2. The summed E-state index contributed by atoms with van der Waals surface area (Å²) < 4.78 is 12.9. The Balaban J connectivity index is 1.90. The third-order valence-electron chi connectivity index (χ3n) is 2.48. The van der Waals surface area contributed by atoms with Gasteiger partial charge in [-0.05, 0) is 29.8 Å². The Hall–Kier alpha value is -2.07. The summed E-state index contributed by atoms with van der Waals surface area (Å²) in [5, 5.41) is 5.78. The van der Waals surface area contributed by atoms with E-state index in [1.54, 1.807) is 12.1 Å². The molecule has 2 aromatic rings. The van der Waals surface area contributed by atoms with Crippen LogP contribution in [-0.4, -0.2) is 6.03 Å². The number of hydrogen-bond donors (Lipinski definition) is 2. The van der Waals surface area contributed by atoms with E-state index in [0.717, 1.165) is 5.56 Å². The van der Waals surface area contributed by atoms with Crippen LogP contribution in [0.25, 0.3) is 0 Å². The minimum absolute atomic E-state index is 0.306. The predicted octanol–water partition coefficient (Wildman–Crippen LogP) is 3.80. The molecule has 0 bridgehead atoms. The molecule has 0 saturated carbocycles. The SMILES string of the molecule is O=C(NCc1ccccc1Cl)Nc1cccc(F)c1. The number of carbonyl (C=O) groups excluding carboxylic acids is 1. The first-order valence-electron chi connectivity index (χ1n) is 5.69. The van der Waals surface area contributed by atoms with E-state index < -0.39 is 11.8 Å². The van der Waals surface area contributed by atoms with Crippen molar-refractivity contribution < 1.29 is 9.18 Å². The molecule has 0 spiro atoms. The zero-order chi connectivity index (χ0) is 13.7. The summed E-state index contributed by atoms with van der Waals surface area (Å²) in [5.41, 5.74) is 1.22. The van der Waals surface area contributed by atoms with Crippen molar-refractivity contribution in [1.82, 2.24) is 5.32 Å². The molecule has 98 valence electrons. The van der Waals surface area contributed by atoms with E-state index in [2.05, 4.69) is 10.6 Å². The summed E-state index contributed by atoms with van der Waals surface area (Å²) >= 11 is 5.97. The lowest BCUT2D eigenvalue weighted by Crippen LogP contribution is -2.28. The van der Waals surface area contributed by atoms with Gasteiger partial charge in [-0.1, -0.05) is 35.9 Å². The lowest BCUT2D eigenvalue weighted by Gasteiger charge is -2.08. The molecule has 0 radical (unpaired) electrons. The topological polar surface area (TPSA) is 41.1 Å². The minimum atomic E-state index is -0.412. The first kappa shape index (κ1) is 13.4. The van der Waals surface area contributed by atoms with Gasteiger partial charge in [-0.2, -0.15) is 0 Å². The summed E-state index contributed by atoms with van der Waals surface area (Å²) in [6, 6.07) is 12.5. The zero-order valence-corrected chi connectivity index (χ0v) is 10.7. The molecule has 0 aliphatic heterocycles. The van der Waals surface area contributed by atoms with Crippen LogP contribution in [0.1, 0.15) is 5.56 Å². The van der Waals surface area contributed by atoms with Crippen LogP contribution in [-0.2, 0) is 6.54 Å². The van der Waals surface area contributed by atoms with Gasteiger partial charge in [0.2, 0.25) is 0 Å². The maximum atomic E-state index is 12.9. The second-order valence-corrected chi connectivity index (χ2v) is 4.32. The van der Waals surface area contributed by atoms with Gasteiger partial charge in [-0.25, -0.2) is 9.18 Å². The highest BCUT2D eigenvalue weighted by molar-refractivity contribution is 6.31. The van der Waals surface area contributed by atoms with Crippen molar-refractivity contribution in [3.8, 4) is 0 Å². The summed E-state index contributed by atoms with van der Waals surface area (Å²) in [6.07, 6.45) is 0. The molecule has 0 unspecified atom stereocenters. The average molecular weight is 279 g/mol. The standard InChI is InChI=1S/C14H12ClFN2O/c15-13-7-2-1-4-10(13)9-17-14(19)18-12-6-3-5-11(16)8-12/h1-8H,9H2,(H2,17,18,19). The first-order valence-corrected chi connectivity index (χ1v) is 6.07. The normalized spacial score (nSPS) is 10.0. The fourth-order valence-electron chi connectivity index (χ4n) is 1.56. The molecule has 0 saturated heterocycles. The third kappa shape index (κ3) is 3.96. The monoisotopic (exact) mass is 278 g/mol. The van der Waals surface area contributed by atoms with Crippen LogP contribution in [0.5, 0.6) is 0 Å². The van der Waals surface area contributed by atoms with Crippen molar-refractivity contribution in [3.05, 3.63) is 64.9 Å². The second kappa shape index (κ2) is 6.20. The van der Waals surface area contributed by atoms with E-state index >= 15 is 0 Å². The third-order valence-corrected chi connectivity index (χ3v) is 2.85. The number of carbonyl (C=O) groups is 1. The van der Waals surface area contributed by atoms with Crippen LogP contribution in [0.4, 0.5) is 14.9 Å². The Morgan fingerprint density at radius 1 is 1.16 bits per heavy atom. The van der Waals surface area contributed by atoms with Gasteiger partial charge >= 0.3 is 6.03 Å². The minimum Gasteiger partial charge on any atom is -0.334 e. The largest absolute Gasteiger partial charge is 0.334 e. The molecule has 2 amide bonds. The van der Waals surface area contributed by atoms with Gasteiger partial charge in [0, 0.05) is 17.3 Å². The molecular weight excluding hydrogens is 267 g/mol. The molecule has 0 atom stereocenters. The molecule has 0 heterocycles. The summed E-state index contributed by atoms with van der Waals surface area (Å²) in [4.78, 5) is 11.6. The fraction of sp³-hybridized carbons (Fsp3) is 0.0714. The van der Waals surface area contributed by atoms with E-state index in [4.69, 9.17) is 11.6 Å². The van der Waals surface area contributed by atoms with Gasteiger partial charge in [0.15, 0.2) is 0 Å². The maximum absolute atomic E-state index is 12.9. The van der Waals surface area contributed by atoms with Gasteiger partial charge in [0.05, 0.1) is 0 Å². The fourth-order valence-corrected chi connectivity index (χ4v) is 1.76. The molecule has 3 nitrogen and oxygen atoms in total. The highest BCUT2D eigenvalue weighted by Gasteiger charge is 2.04. The Kier molecular flexibility index (Phi) is 4.36. The predicted molar refractivity (Wildman–Crippen MR) is 73.7 cm³/mol. The van der Waals surface area contributed by atoms with Gasteiger partial charge in [0.25, 0.3) is 0 Å². The Morgan fingerprint density at radius 2 is 1.95 bits per heavy atom. The van der Waals surface area contributed by atoms with Crippen molar-refractivity contribution in [1.29, 1.82) is 0 Å². The van der Waals surface area contributed by atoms with Crippen molar-refractivity contribution in [2.75, 3.05) is 5.32 Å². The van der Waals surface area contributed by atoms with E-state index in [-0.39, 0.29) is 0 Å². The highest BCUT2D eigenvalue weighted by Crippen LogP contribution is 2.14. The van der Waals surface area contributed by atoms with Crippen LogP contribution in [0.3, 0.4) is 0 Å². The lowest BCUT2D eigenvalue weighted by molar-refractivity contribution is 0.251. The quantitative estimate of drug-likeness (QED) is 0.881. The average Bonchev–Trinajstić information content (AvgIpc) is 2.38. The van der Waals surface area contributed by atoms with E-state index in [9.17, 15) is 9.18 Å². The van der Waals surface area contributed by atoms with E-state index in [1.807, 2.05) is 18.2 Å². The van der Waals surface area contributed by atoms with Crippen LogP contribution < -0.4 is 10.6 Å². The Morgan fingerprint density at radius 3 is 2.68 bits per heavy atom. The molecule has 2 rings (SSSR count). The molecule has 0 aliphatic carbocycles. The number of nitrogens with one attached hydrogen (secondary N) is 2. The molecule has 0 aliphatic rings. The highest BCUT2D eigenvalue weighted by atomic mass is 35.5. The molecule has 0 fully saturated rings. The maximum Gasteiger partial charge on any atom is 0.319 e. The van der Waals surface area contributed by atoms with Crippen LogP contribution in [0.2, 0.25) is 5.02 Å². The number of benzene rings is 2. The van der Waals surface area contributed by atoms with E-state index in [0.29, 0.717) is 17.3 Å². The van der Waals surface area contributed by atoms with Gasteiger partial charge < -0.3 is 10.6 Å². The Labute approximate surface area is 115 Å². The zero-order valence-electron chi connectivity index (χ0n) is 9.99. The van der Waals surface area contributed by atoms with Crippen molar-refractivity contribution in [2.45, 2.75) is 6.54 Å². The van der Waals surface area contributed by atoms with Gasteiger partial charge in [-0.15, -0.1) is 0 Å². The second-order valence-electron chi connectivity index (χ2n) is 3.91. The summed E-state index contributed by atoms with van der Waals surface area (Å²) in [5.74, 6) is -0.399. The first-order chi connectivity index (χ1) is 9.15. The van der Waals surface area contributed by atoms with Crippen molar-refractivity contribution in [3.63, 3.8) is 0 Å². The smallest absolute Gasteiger partial charge is 0.319 e.